The van der Waals surface area contributed by atoms with Gasteiger partial charge in [0.05, 0.1) is 12.1 Å². The van der Waals surface area contributed by atoms with Crippen molar-refractivity contribution in [3.05, 3.63) is 75.7 Å². The summed E-state index contributed by atoms with van der Waals surface area (Å²) in [6.45, 7) is 0. The van der Waals surface area contributed by atoms with Crippen LogP contribution in [0.5, 0.6) is 0 Å². The van der Waals surface area contributed by atoms with Crippen molar-refractivity contribution < 1.29 is 14.7 Å². The molecule has 0 aliphatic carbocycles. The Morgan fingerprint density at radius 1 is 1.15 bits per heavy atom. The van der Waals surface area contributed by atoms with Crippen LogP contribution in [0.4, 0.5) is 0 Å². The molecule has 3 rings (SSSR count). The number of amides is 1. The quantitative estimate of drug-likeness (QED) is 0.578. The van der Waals surface area contributed by atoms with Crippen molar-refractivity contribution in [1.82, 2.24) is 10.3 Å². The van der Waals surface area contributed by atoms with Gasteiger partial charge >= 0.3 is 5.97 Å². The Balaban J connectivity index is 1.63. The van der Waals surface area contributed by atoms with Crippen LogP contribution in [0.3, 0.4) is 0 Å². The molecule has 0 radical (unpaired) electrons. The van der Waals surface area contributed by atoms with Gasteiger partial charge in [-0.25, -0.2) is 9.78 Å². The molecule has 0 aliphatic heterocycles. The standard InChI is InChI=1S/C20H17BrN2O3S/c21-15-8-4-7-14(10-15)19-22-16(12-27-19)11-18(24)23-17(20(25)26)9-13-5-2-1-3-6-13/h1-8,10,12,17H,9,11H2,(H,23,24)(H,25,26). The second-order valence-corrected chi connectivity index (χ2v) is 7.75. The summed E-state index contributed by atoms with van der Waals surface area (Å²) in [7, 11) is 0. The highest BCUT2D eigenvalue weighted by molar-refractivity contribution is 9.10. The maximum atomic E-state index is 12.3. The van der Waals surface area contributed by atoms with Crippen LogP contribution in [0, 0.1) is 0 Å². The molecule has 0 aliphatic rings. The summed E-state index contributed by atoms with van der Waals surface area (Å²) in [5, 5.41) is 14.6. The van der Waals surface area contributed by atoms with Crippen molar-refractivity contribution in [2.24, 2.45) is 0 Å². The Labute approximate surface area is 169 Å². The zero-order valence-electron chi connectivity index (χ0n) is 14.3. The molecule has 1 atom stereocenters. The SMILES string of the molecule is O=C(Cc1csc(-c2cccc(Br)c2)n1)NC(Cc1ccccc1)C(=O)O. The zero-order chi connectivity index (χ0) is 19.2. The number of hydrogen-bond acceptors (Lipinski definition) is 4. The zero-order valence-corrected chi connectivity index (χ0v) is 16.7. The molecule has 138 valence electrons. The summed E-state index contributed by atoms with van der Waals surface area (Å²) >= 11 is 4.88. The molecular formula is C20H17BrN2O3S. The fraction of sp³-hybridized carbons (Fsp3) is 0.150. The van der Waals surface area contributed by atoms with Crippen LogP contribution < -0.4 is 5.32 Å². The van der Waals surface area contributed by atoms with Crippen molar-refractivity contribution in [3.8, 4) is 10.6 Å². The lowest BCUT2D eigenvalue weighted by Gasteiger charge is -2.14. The molecule has 0 saturated heterocycles. The van der Waals surface area contributed by atoms with E-state index in [-0.39, 0.29) is 18.7 Å². The third kappa shape index (κ3) is 5.48. The summed E-state index contributed by atoms with van der Waals surface area (Å²) in [6.07, 6.45) is 0.283. The molecule has 1 unspecified atom stereocenters. The Hall–Kier alpha value is -2.51. The molecule has 0 saturated carbocycles. The molecule has 7 heteroatoms. The normalized spacial score (nSPS) is 11.7. The van der Waals surface area contributed by atoms with Crippen LogP contribution in [0.1, 0.15) is 11.3 Å². The molecule has 1 heterocycles. The van der Waals surface area contributed by atoms with Crippen molar-refractivity contribution in [3.63, 3.8) is 0 Å². The van der Waals surface area contributed by atoms with Crippen LogP contribution >= 0.6 is 27.3 Å². The fourth-order valence-corrected chi connectivity index (χ4v) is 3.82. The minimum atomic E-state index is -1.06. The van der Waals surface area contributed by atoms with Gasteiger partial charge in [0.15, 0.2) is 0 Å². The minimum Gasteiger partial charge on any atom is -0.480 e. The summed E-state index contributed by atoms with van der Waals surface area (Å²) in [5.41, 5.74) is 2.45. The lowest BCUT2D eigenvalue weighted by atomic mass is 10.1. The van der Waals surface area contributed by atoms with Crippen LogP contribution in [-0.2, 0) is 22.4 Å². The summed E-state index contributed by atoms with van der Waals surface area (Å²) in [4.78, 5) is 28.3. The van der Waals surface area contributed by atoms with E-state index in [9.17, 15) is 14.7 Å². The van der Waals surface area contributed by atoms with E-state index in [4.69, 9.17) is 0 Å². The number of aliphatic carboxylic acids is 1. The van der Waals surface area contributed by atoms with Gasteiger partial charge in [0, 0.05) is 21.8 Å². The van der Waals surface area contributed by atoms with Crippen LogP contribution in [-0.4, -0.2) is 28.0 Å². The van der Waals surface area contributed by atoms with Gasteiger partial charge in [0.2, 0.25) is 5.91 Å². The Bertz CT molecular complexity index is 943. The molecule has 2 N–H and O–H groups in total. The van der Waals surface area contributed by atoms with Gasteiger partial charge in [-0.1, -0.05) is 58.4 Å². The van der Waals surface area contributed by atoms with Crippen molar-refractivity contribution >= 4 is 39.1 Å². The highest BCUT2D eigenvalue weighted by atomic mass is 79.9. The van der Waals surface area contributed by atoms with Gasteiger partial charge < -0.3 is 10.4 Å². The van der Waals surface area contributed by atoms with Crippen LogP contribution in [0.25, 0.3) is 10.6 Å². The first-order chi connectivity index (χ1) is 13.0. The van der Waals surface area contributed by atoms with Gasteiger partial charge in [0.25, 0.3) is 0 Å². The van der Waals surface area contributed by atoms with E-state index in [0.29, 0.717) is 5.69 Å². The number of benzene rings is 2. The second kappa shape index (κ2) is 8.92. The number of carbonyl (C=O) groups is 2. The maximum absolute atomic E-state index is 12.3. The van der Waals surface area contributed by atoms with Gasteiger partial charge in [-0.2, -0.15) is 0 Å². The predicted molar refractivity (Wildman–Crippen MR) is 109 cm³/mol. The third-order valence-corrected chi connectivity index (χ3v) is 5.31. The number of nitrogens with zero attached hydrogens (tertiary/aromatic N) is 1. The van der Waals surface area contributed by atoms with Gasteiger partial charge in [-0.3, -0.25) is 4.79 Å². The van der Waals surface area contributed by atoms with E-state index in [1.165, 1.54) is 11.3 Å². The van der Waals surface area contributed by atoms with Gasteiger partial charge in [-0.05, 0) is 17.7 Å². The molecule has 0 spiro atoms. The Kier molecular flexibility index (Phi) is 6.36. The molecule has 2 aromatic carbocycles. The first kappa shape index (κ1) is 19.3. The number of carbonyl (C=O) groups excluding carboxylic acids is 1. The molecule has 0 bridgehead atoms. The molecule has 1 amide bonds. The second-order valence-electron chi connectivity index (χ2n) is 5.98. The van der Waals surface area contributed by atoms with Crippen LogP contribution in [0.15, 0.2) is 64.5 Å². The van der Waals surface area contributed by atoms with E-state index < -0.39 is 12.0 Å². The average molecular weight is 445 g/mol. The van der Waals surface area contributed by atoms with Crippen molar-refractivity contribution in [2.75, 3.05) is 0 Å². The maximum Gasteiger partial charge on any atom is 0.326 e. The highest BCUT2D eigenvalue weighted by Gasteiger charge is 2.21. The fourth-order valence-electron chi connectivity index (χ4n) is 2.60. The first-order valence-electron chi connectivity index (χ1n) is 8.27. The topological polar surface area (TPSA) is 79.3 Å². The van der Waals surface area contributed by atoms with E-state index >= 15 is 0 Å². The Morgan fingerprint density at radius 2 is 1.93 bits per heavy atom. The summed E-state index contributed by atoms with van der Waals surface area (Å²) < 4.78 is 0.958. The third-order valence-electron chi connectivity index (χ3n) is 3.88. The molecule has 1 aromatic heterocycles. The molecule has 5 nitrogen and oxygen atoms in total. The van der Waals surface area contributed by atoms with E-state index in [0.717, 1.165) is 20.6 Å². The number of nitrogens with one attached hydrogen (secondary N) is 1. The number of rotatable bonds is 7. The molecule has 3 aromatic rings. The van der Waals surface area contributed by atoms with Crippen LogP contribution in [0.2, 0.25) is 0 Å². The number of carboxylic acid groups (broad SMARTS) is 1. The highest BCUT2D eigenvalue weighted by Crippen LogP contribution is 2.26. The minimum absolute atomic E-state index is 0.0447. The smallest absolute Gasteiger partial charge is 0.326 e. The predicted octanol–water partition coefficient (Wildman–Crippen LogP) is 3.93. The van der Waals surface area contributed by atoms with Gasteiger partial charge in [0.1, 0.15) is 11.0 Å². The van der Waals surface area contributed by atoms with E-state index in [1.54, 1.807) is 0 Å². The lowest BCUT2D eigenvalue weighted by Crippen LogP contribution is -2.43. The van der Waals surface area contributed by atoms with Crippen molar-refractivity contribution in [2.45, 2.75) is 18.9 Å². The number of thiazole rings is 1. The summed E-state index contributed by atoms with van der Waals surface area (Å²) in [5.74, 6) is -1.41. The molecular weight excluding hydrogens is 428 g/mol. The number of hydrogen-bond donors (Lipinski definition) is 2. The monoisotopic (exact) mass is 444 g/mol. The molecule has 27 heavy (non-hydrogen) atoms. The average Bonchev–Trinajstić information content (AvgIpc) is 3.10. The number of carboxylic acids is 1. The number of halogens is 1. The van der Waals surface area contributed by atoms with Gasteiger partial charge in [-0.15, -0.1) is 11.3 Å². The van der Waals surface area contributed by atoms with E-state index in [2.05, 4.69) is 26.2 Å². The lowest BCUT2D eigenvalue weighted by molar-refractivity contribution is -0.141. The number of aromatic nitrogens is 1. The molecule has 0 fully saturated rings. The van der Waals surface area contributed by atoms with E-state index in [1.807, 2.05) is 60.0 Å². The first-order valence-corrected chi connectivity index (χ1v) is 9.95. The Morgan fingerprint density at radius 3 is 2.63 bits per heavy atom. The largest absolute Gasteiger partial charge is 0.480 e. The van der Waals surface area contributed by atoms with Crippen molar-refractivity contribution in [1.29, 1.82) is 0 Å². The summed E-state index contributed by atoms with van der Waals surface area (Å²) in [6, 6.07) is 16.0.